The third-order valence-corrected chi connectivity index (χ3v) is 8.10. The van der Waals surface area contributed by atoms with Gasteiger partial charge in [-0.3, -0.25) is 4.79 Å². The highest BCUT2D eigenvalue weighted by Crippen LogP contribution is 2.41. The van der Waals surface area contributed by atoms with Gasteiger partial charge in [0.15, 0.2) is 5.76 Å². The van der Waals surface area contributed by atoms with Crippen LogP contribution in [-0.4, -0.2) is 102 Å². The third-order valence-electron chi connectivity index (χ3n) is 8.10. The Labute approximate surface area is 262 Å². The number of phenolic OH excluding ortho intramolecular Hbond substituents is 2. The molecule has 3 aromatic rings. The van der Waals surface area contributed by atoms with E-state index < -0.39 is 78.3 Å². The Morgan fingerprint density at radius 1 is 0.804 bits per heavy atom. The van der Waals surface area contributed by atoms with Crippen LogP contribution >= 0.6 is 0 Å². The maximum atomic E-state index is 14.2. The summed E-state index contributed by atoms with van der Waals surface area (Å²) in [4.78, 5) is 14.2. The summed E-state index contributed by atoms with van der Waals surface area (Å²) in [6.07, 6.45) is -12.6. The minimum Gasteiger partial charge on any atom is -0.508 e. The minimum atomic E-state index is -1.77. The first-order valence-corrected chi connectivity index (χ1v) is 14.7. The predicted molar refractivity (Wildman–Crippen MR) is 160 cm³/mol. The zero-order chi connectivity index (χ0) is 33.6. The number of aliphatic hydroxyl groups excluding tert-OH is 6. The van der Waals surface area contributed by atoms with Crippen LogP contribution in [0.15, 0.2) is 51.2 Å². The lowest BCUT2D eigenvalue weighted by atomic mass is 9.99. The zero-order valence-electron chi connectivity index (χ0n) is 25.5. The molecule has 2 saturated heterocycles. The lowest BCUT2D eigenvalue weighted by Gasteiger charge is -2.39. The molecule has 14 heteroatoms. The largest absolute Gasteiger partial charge is 0.508 e. The summed E-state index contributed by atoms with van der Waals surface area (Å²) in [6.45, 7) is 6.59. The maximum Gasteiger partial charge on any atom is 0.239 e. The molecule has 2 aromatic carbocycles. The number of benzene rings is 2. The second-order valence-electron chi connectivity index (χ2n) is 11.8. The van der Waals surface area contributed by atoms with Crippen LogP contribution in [0.3, 0.4) is 0 Å². The molecule has 5 rings (SSSR count). The quantitative estimate of drug-likeness (QED) is 0.166. The second kappa shape index (κ2) is 13.2. The molecule has 8 N–H and O–H groups in total. The van der Waals surface area contributed by atoms with E-state index >= 15 is 0 Å². The second-order valence-corrected chi connectivity index (χ2v) is 11.8. The molecule has 0 bridgehead atoms. The third kappa shape index (κ3) is 6.30. The van der Waals surface area contributed by atoms with Crippen molar-refractivity contribution in [2.75, 3.05) is 0 Å². The van der Waals surface area contributed by atoms with Crippen LogP contribution in [-0.2, 0) is 15.9 Å². The molecule has 2 fully saturated rings. The number of fused-ring (bicyclic) bond motifs is 1. The van der Waals surface area contributed by atoms with E-state index in [0.29, 0.717) is 0 Å². The van der Waals surface area contributed by atoms with Gasteiger partial charge in [0.05, 0.1) is 12.2 Å². The van der Waals surface area contributed by atoms with E-state index in [1.54, 1.807) is 6.08 Å². The van der Waals surface area contributed by atoms with Crippen molar-refractivity contribution in [1.82, 2.24) is 0 Å². The van der Waals surface area contributed by atoms with E-state index in [2.05, 4.69) is 0 Å². The van der Waals surface area contributed by atoms with E-state index in [-0.39, 0.29) is 45.8 Å². The summed E-state index contributed by atoms with van der Waals surface area (Å²) in [7, 11) is 0. The predicted octanol–water partition coefficient (Wildman–Crippen LogP) is 0.792. The van der Waals surface area contributed by atoms with Crippen LogP contribution in [0.25, 0.3) is 22.3 Å². The van der Waals surface area contributed by atoms with Crippen LogP contribution < -0.4 is 14.9 Å². The van der Waals surface area contributed by atoms with Crippen molar-refractivity contribution in [1.29, 1.82) is 0 Å². The van der Waals surface area contributed by atoms with Gasteiger partial charge >= 0.3 is 0 Å². The molecule has 1 aromatic heterocycles. The maximum absolute atomic E-state index is 14.2. The number of allylic oxidation sites excluding steroid dienone is 2. The standard InChI is InChI=1S/C32H38O14/c1-12(2)5-10-17-19(44-31-26(40)24(38)21(35)13(3)42-31)11-18(34)20-23(37)30(46-32-27(41)25(39)22(36)14(4)43-32)28(45-29(17)20)15-6-8-16(33)9-7-15/h5-9,11,13-14,21-22,24-27,31-36,38-41H,10H2,1-4H3/t13-,14-,21+,22-,24+,25+,26+,27+,31-,32-/m0/s1. The number of ether oxygens (including phenoxy) is 4. The molecule has 2 aliphatic rings. The number of aliphatic hydroxyl groups is 6. The summed E-state index contributed by atoms with van der Waals surface area (Å²) < 4.78 is 29.2. The summed E-state index contributed by atoms with van der Waals surface area (Å²) in [5.74, 6) is -1.47. The molecule has 0 unspecified atom stereocenters. The summed E-state index contributed by atoms with van der Waals surface area (Å²) >= 11 is 0. The Bertz CT molecular complexity index is 1650. The first-order chi connectivity index (χ1) is 21.7. The number of hydrogen-bond acceptors (Lipinski definition) is 14. The molecule has 0 radical (unpaired) electrons. The van der Waals surface area contributed by atoms with E-state index in [9.17, 15) is 45.6 Å². The molecule has 0 aliphatic carbocycles. The Morgan fingerprint density at radius 3 is 1.89 bits per heavy atom. The van der Waals surface area contributed by atoms with Gasteiger partial charge in [0.1, 0.15) is 64.8 Å². The van der Waals surface area contributed by atoms with Gasteiger partial charge in [0.25, 0.3) is 0 Å². The average Bonchev–Trinajstić information content (AvgIpc) is 3.01. The number of aromatic hydroxyl groups is 2. The van der Waals surface area contributed by atoms with Crippen LogP contribution in [0, 0.1) is 0 Å². The van der Waals surface area contributed by atoms with Gasteiger partial charge in [0.2, 0.25) is 23.8 Å². The molecule has 0 saturated carbocycles. The van der Waals surface area contributed by atoms with Gasteiger partial charge < -0.3 is 64.2 Å². The summed E-state index contributed by atoms with van der Waals surface area (Å²) in [5, 5.41) is 82.8. The molecular formula is C32H38O14. The molecule has 2 aliphatic heterocycles. The van der Waals surface area contributed by atoms with Crippen molar-refractivity contribution in [2.45, 2.75) is 95.5 Å². The highest BCUT2D eigenvalue weighted by Gasteiger charge is 2.45. The highest BCUT2D eigenvalue weighted by molar-refractivity contribution is 5.91. The summed E-state index contributed by atoms with van der Waals surface area (Å²) in [6, 6.07) is 6.65. The monoisotopic (exact) mass is 646 g/mol. The van der Waals surface area contributed by atoms with Crippen molar-refractivity contribution >= 4 is 11.0 Å². The molecule has 46 heavy (non-hydrogen) atoms. The van der Waals surface area contributed by atoms with Crippen molar-refractivity contribution in [3.05, 3.63) is 57.8 Å². The first-order valence-electron chi connectivity index (χ1n) is 14.7. The van der Waals surface area contributed by atoms with Gasteiger partial charge in [-0.15, -0.1) is 0 Å². The van der Waals surface area contributed by atoms with Crippen molar-refractivity contribution < 1.29 is 64.2 Å². The SMILES string of the molecule is CC(C)=CCc1c(O[C@@H]2O[C@@H](C)[C@@H](O)[C@@H](O)[C@H]2O)cc(O)c2c(=O)c(O[C@@H]3O[C@@H](C)[C@H](O)[C@@H](O)[C@H]3O)c(-c3ccc(O)cc3)oc12. The van der Waals surface area contributed by atoms with Crippen molar-refractivity contribution in [3.8, 4) is 34.3 Å². The van der Waals surface area contributed by atoms with E-state index in [1.807, 2.05) is 13.8 Å². The zero-order valence-corrected chi connectivity index (χ0v) is 25.5. The Balaban J connectivity index is 1.71. The normalized spacial score (nSPS) is 31.4. The molecule has 250 valence electrons. The topological polar surface area (TPSA) is 229 Å². The smallest absolute Gasteiger partial charge is 0.239 e. The van der Waals surface area contributed by atoms with Crippen LogP contribution in [0.5, 0.6) is 23.0 Å². The molecular weight excluding hydrogens is 608 g/mol. The van der Waals surface area contributed by atoms with Crippen LogP contribution in [0.1, 0.15) is 33.3 Å². The Morgan fingerprint density at radius 2 is 1.35 bits per heavy atom. The van der Waals surface area contributed by atoms with Crippen LogP contribution in [0.2, 0.25) is 0 Å². The number of rotatable bonds is 7. The van der Waals surface area contributed by atoms with Gasteiger partial charge in [-0.25, -0.2) is 0 Å². The Kier molecular flexibility index (Phi) is 9.63. The number of hydrogen-bond donors (Lipinski definition) is 8. The van der Waals surface area contributed by atoms with Crippen molar-refractivity contribution in [3.63, 3.8) is 0 Å². The molecule has 14 nitrogen and oxygen atoms in total. The van der Waals surface area contributed by atoms with Crippen molar-refractivity contribution in [2.24, 2.45) is 0 Å². The fourth-order valence-electron chi connectivity index (χ4n) is 5.34. The fraction of sp³-hybridized carbons (Fsp3) is 0.469. The summed E-state index contributed by atoms with van der Waals surface area (Å²) in [5.41, 5.74) is 0.329. The van der Waals surface area contributed by atoms with E-state index in [0.717, 1.165) is 11.6 Å². The molecule has 10 atom stereocenters. The lowest BCUT2D eigenvalue weighted by Crippen LogP contribution is -2.58. The lowest BCUT2D eigenvalue weighted by molar-refractivity contribution is -0.268. The highest BCUT2D eigenvalue weighted by atomic mass is 16.7. The molecule has 0 amide bonds. The van der Waals surface area contributed by atoms with Gasteiger partial charge in [0, 0.05) is 17.2 Å². The van der Waals surface area contributed by atoms with Crippen LogP contribution in [0.4, 0.5) is 0 Å². The van der Waals surface area contributed by atoms with Gasteiger partial charge in [-0.2, -0.15) is 0 Å². The fourth-order valence-corrected chi connectivity index (χ4v) is 5.34. The van der Waals surface area contributed by atoms with E-state index in [1.165, 1.54) is 38.1 Å². The van der Waals surface area contributed by atoms with E-state index in [4.69, 9.17) is 23.4 Å². The average molecular weight is 647 g/mol. The van der Waals surface area contributed by atoms with Gasteiger partial charge in [-0.1, -0.05) is 11.6 Å². The Hall–Kier alpha value is -3.73. The minimum absolute atomic E-state index is 0.0622. The first kappa shape index (κ1) is 33.6. The molecule has 3 heterocycles. The van der Waals surface area contributed by atoms with Gasteiger partial charge in [-0.05, 0) is 58.4 Å². The number of phenols is 2. The molecule has 0 spiro atoms.